The molecule has 114 valence electrons. The van der Waals surface area contributed by atoms with E-state index in [2.05, 4.69) is 12.2 Å². The van der Waals surface area contributed by atoms with Gasteiger partial charge in [0.2, 0.25) is 0 Å². The third-order valence-electron chi connectivity index (χ3n) is 3.22. The first-order valence-electron chi connectivity index (χ1n) is 6.49. The first-order valence-corrected chi connectivity index (χ1v) is 6.49. The highest BCUT2D eigenvalue weighted by Gasteiger charge is 2.49. The number of carbonyl (C=O) groups excluding carboxylic acids is 1. The summed E-state index contributed by atoms with van der Waals surface area (Å²) in [5.74, 6) is -3.65. The second-order valence-electron chi connectivity index (χ2n) is 5.04. The van der Waals surface area contributed by atoms with Crippen LogP contribution in [0.4, 0.5) is 4.79 Å². The molecule has 2 aliphatic rings. The van der Waals surface area contributed by atoms with Crippen LogP contribution < -0.4 is 5.32 Å². The zero-order valence-electron chi connectivity index (χ0n) is 11.4. The van der Waals surface area contributed by atoms with Crippen LogP contribution in [0.15, 0.2) is 0 Å². The Bertz CT molecular complexity index is 360. The number of likely N-dealkylation sites (tertiary alicyclic amines) is 1. The lowest BCUT2D eigenvalue weighted by Crippen LogP contribution is -2.71. The zero-order valence-corrected chi connectivity index (χ0v) is 11.4. The SMILES string of the molecule is CCCCOC(=O)N1CC2(CNC2)C1.O=C(O)C(=O)O. The summed E-state index contributed by atoms with van der Waals surface area (Å²) in [6.07, 6.45) is 1.91. The lowest BCUT2D eigenvalue weighted by Gasteiger charge is -2.55. The monoisotopic (exact) mass is 288 g/mol. The van der Waals surface area contributed by atoms with Gasteiger partial charge in [0.1, 0.15) is 0 Å². The van der Waals surface area contributed by atoms with Crippen molar-refractivity contribution in [3.8, 4) is 0 Å². The number of carboxylic acid groups (broad SMARTS) is 2. The standard InChI is InChI=1S/C10H18N2O2.C2H2O4/c1-2-3-4-14-9(13)12-7-10(8-12)5-11-6-10;3-1(4)2(5)6/h11H,2-8H2,1H3;(H,3,4)(H,5,6). The van der Waals surface area contributed by atoms with Crippen molar-refractivity contribution in [3.05, 3.63) is 0 Å². The van der Waals surface area contributed by atoms with Gasteiger partial charge in [-0.15, -0.1) is 0 Å². The molecule has 0 unspecified atom stereocenters. The molecular formula is C12H20N2O6. The van der Waals surface area contributed by atoms with E-state index in [-0.39, 0.29) is 6.09 Å². The molecule has 0 atom stereocenters. The highest BCUT2D eigenvalue weighted by atomic mass is 16.6. The molecule has 20 heavy (non-hydrogen) atoms. The molecule has 0 bridgehead atoms. The highest BCUT2D eigenvalue weighted by molar-refractivity contribution is 6.27. The van der Waals surface area contributed by atoms with Gasteiger partial charge in [-0.3, -0.25) is 0 Å². The molecule has 0 aliphatic carbocycles. The fourth-order valence-electron chi connectivity index (χ4n) is 1.99. The van der Waals surface area contributed by atoms with E-state index in [0.717, 1.165) is 39.0 Å². The minimum absolute atomic E-state index is 0.129. The number of rotatable bonds is 3. The molecule has 8 nitrogen and oxygen atoms in total. The summed E-state index contributed by atoms with van der Waals surface area (Å²) >= 11 is 0. The number of nitrogens with one attached hydrogen (secondary N) is 1. The number of ether oxygens (including phenoxy) is 1. The number of nitrogens with zero attached hydrogens (tertiary/aromatic N) is 1. The Balaban J connectivity index is 0.000000286. The van der Waals surface area contributed by atoms with Crippen LogP contribution in [-0.4, -0.2) is 65.9 Å². The summed E-state index contributed by atoms with van der Waals surface area (Å²) in [4.78, 5) is 31.4. The van der Waals surface area contributed by atoms with Crippen molar-refractivity contribution in [2.45, 2.75) is 19.8 Å². The Morgan fingerprint density at radius 1 is 1.20 bits per heavy atom. The van der Waals surface area contributed by atoms with Gasteiger partial charge in [-0.2, -0.15) is 0 Å². The van der Waals surface area contributed by atoms with Crippen LogP contribution in [-0.2, 0) is 14.3 Å². The molecule has 0 aromatic rings. The zero-order chi connectivity index (χ0) is 15.2. The van der Waals surface area contributed by atoms with Crippen molar-refractivity contribution in [1.29, 1.82) is 0 Å². The van der Waals surface area contributed by atoms with Crippen LogP contribution in [0, 0.1) is 5.41 Å². The fourth-order valence-corrected chi connectivity index (χ4v) is 1.99. The Labute approximate surface area is 116 Å². The van der Waals surface area contributed by atoms with Gasteiger partial charge in [-0.05, 0) is 6.42 Å². The molecule has 2 fully saturated rings. The van der Waals surface area contributed by atoms with Crippen molar-refractivity contribution >= 4 is 18.0 Å². The van der Waals surface area contributed by atoms with Gasteiger partial charge in [0.15, 0.2) is 0 Å². The average Bonchev–Trinajstić information content (AvgIpc) is 2.26. The molecule has 8 heteroatoms. The second kappa shape index (κ2) is 7.09. The van der Waals surface area contributed by atoms with Gasteiger partial charge >= 0.3 is 18.0 Å². The van der Waals surface area contributed by atoms with Crippen molar-refractivity contribution in [3.63, 3.8) is 0 Å². The molecule has 1 amide bonds. The van der Waals surface area contributed by atoms with E-state index in [9.17, 15) is 4.79 Å². The normalized spacial score (nSPS) is 18.1. The Morgan fingerprint density at radius 3 is 2.10 bits per heavy atom. The van der Waals surface area contributed by atoms with E-state index in [1.807, 2.05) is 0 Å². The van der Waals surface area contributed by atoms with E-state index >= 15 is 0 Å². The van der Waals surface area contributed by atoms with Gasteiger partial charge in [0.05, 0.1) is 6.61 Å². The molecule has 2 aliphatic heterocycles. The number of hydrogen-bond acceptors (Lipinski definition) is 5. The number of carboxylic acids is 2. The maximum absolute atomic E-state index is 11.4. The fraction of sp³-hybridized carbons (Fsp3) is 0.750. The number of hydrogen-bond donors (Lipinski definition) is 3. The summed E-state index contributed by atoms with van der Waals surface area (Å²) in [6, 6.07) is 0. The maximum Gasteiger partial charge on any atom is 0.414 e. The van der Waals surface area contributed by atoms with E-state index < -0.39 is 11.9 Å². The largest absolute Gasteiger partial charge is 0.473 e. The summed E-state index contributed by atoms with van der Waals surface area (Å²) < 4.78 is 5.11. The molecule has 0 aromatic heterocycles. The molecule has 1 spiro atoms. The van der Waals surface area contributed by atoms with Crippen LogP contribution in [0.2, 0.25) is 0 Å². The molecule has 0 radical (unpaired) electrons. The van der Waals surface area contributed by atoms with Gasteiger partial charge in [-0.1, -0.05) is 13.3 Å². The topological polar surface area (TPSA) is 116 Å². The van der Waals surface area contributed by atoms with Crippen molar-refractivity contribution in [2.75, 3.05) is 32.8 Å². The predicted molar refractivity (Wildman–Crippen MR) is 68.4 cm³/mol. The lowest BCUT2D eigenvalue weighted by atomic mass is 9.75. The number of unbranched alkanes of at least 4 members (excludes halogenated alkanes) is 1. The molecule has 0 aromatic carbocycles. The van der Waals surface area contributed by atoms with Gasteiger partial charge in [0.25, 0.3) is 0 Å². The Hall–Kier alpha value is -1.83. The minimum Gasteiger partial charge on any atom is -0.473 e. The summed E-state index contributed by atoms with van der Waals surface area (Å²) in [5.41, 5.74) is 0.407. The quantitative estimate of drug-likeness (QED) is 0.493. The second-order valence-corrected chi connectivity index (χ2v) is 5.04. The first-order chi connectivity index (χ1) is 9.40. The van der Waals surface area contributed by atoms with Crippen molar-refractivity contribution < 1.29 is 29.3 Å². The van der Waals surface area contributed by atoms with Crippen LogP contribution in [0.25, 0.3) is 0 Å². The number of aliphatic carboxylic acids is 2. The third kappa shape index (κ3) is 4.37. The summed E-state index contributed by atoms with van der Waals surface area (Å²) in [6.45, 7) is 6.54. The average molecular weight is 288 g/mol. The lowest BCUT2D eigenvalue weighted by molar-refractivity contribution is -0.159. The predicted octanol–water partition coefficient (Wildman–Crippen LogP) is -0.0161. The van der Waals surface area contributed by atoms with Crippen LogP contribution >= 0.6 is 0 Å². The highest BCUT2D eigenvalue weighted by Crippen LogP contribution is 2.34. The van der Waals surface area contributed by atoms with E-state index in [4.69, 9.17) is 24.5 Å². The van der Waals surface area contributed by atoms with Crippen LogP contribution in [0.1, 0.15) is 19.8 Å². The summed E-state index contributed by atoms with van der Waals surface area (Å²) in [5, 5.41) is 18.0. The molecule has 2 rings (SSSR count). The maximum atomic E-state index is 11.4. The smallest absolute Gasteiger partial charge is 0.414 e. The molecule has 0 saturated carbocycles. The number of amides is 1. The van der Waals surface area contributed by atoms with Crippen LogP contribution in [0.3, 0.4) is 0 Å². The Morgan fingerprint density at radius 2 is 1.75 bits per heavy atom. The third-order valence-corrected chi connectivity index (χ3v) is 3.22. The molecule has 2 heterocycles. The molecule has 2 saturated heterocycles. The first kappa shape index (κ1) is 16.2. The summed E-state index contributed by atoms with van der Waals surface area (Å²) in [7, 11) is 0. The van der Waals surface area contributed by atoms with E-state index in [1.165, 1.54) is 0 Å². The molecular weight excluding hydrogens is 268 g/mol. The van der Waals surface area contributed by atoms with Gasteiger partial charge in [0, 0.05) is 31.6 Å². The minimum atomic E-state index is -1.82. The van der Waals surface area contributed by atoms with Gasteiger partial charge in [-0.25, -0.2) is 14.4 Å². The van der Waals surface area contributed by atoms with Crippen molar-refractivity contribution in [1.82, 2.24) is 10.2 Å². The molecule has 3 N–H and O–H groups in total. The van der Waals surface area contributed by atoms with Crippen molar-refractivity contribution in [2.24, 2.45) is 5.41 Å². The van der Waals surface area contributed by atoms with Gasteiger partial charge < -0.3 is 25.2 Å². The van der Waals surface area contributed by atoms with E-state index in [0.29, 0.717) is 12.0 Å². The van der Waals surface area contributed by atoms with E-state index in [1.54, 1.807) is 4.90 Å². The van der Waals surface area contributed by atoms with Crippen LogP contribution in [0.5, 0.6) is 0 Å². The number of carbonyl (C=O) groups is 3. The Kier molecular flexibility index (Phi) is 5.75.